The third kappa shape index (κ3) is 6.29. The Morgan fingerprint density at radius 1 is 1.06 bits per heavy atom. The van der Waals surface area contributed by atoms with Gasteiger partial charge in [-0.05, 0) is 48.2 Å². The molecule has 3 aromatic rings. The molecule has 0 aliphatic heterocycles. The largest absolute Gasteiger partial charge is 0.489 e. The zero-order valence-electron chi connectivity index (χ0n) is 18.6. The van der Waals surface area contributed by atoms with Gasteiger partial charge in [0.1, 0.15) is 30.5 Å². The number of allylic oxidation sites excluding steroid dienone is 2. The number of carbonyl (C=O) groups excluding carboxylic acids is 1. The first-order valence-corrected chi connectivity index (χ1v) is 11.0. The molecule has 6 heteroatoms. The second-order valence-electron chi connectivity index (χ2n) is 7.77. The van der Waals surface area contributed by atoms with Gasteiger partial charge in [-0.15, -0.1) is 0 Å². The molecule has 4 rings (SSSR count). The highest BCUT2D eigenvalue weighted by atomic mass is 16.5. The monoisotopic (exact) mass is 441 g/mol. The molecule has 33 heavy (non-hydrogen) atoms. The van der Waals surface area contributed by atoms with Crippen LogP contribution in [0.15, 0.2) is 90.8 Å². The van der Waals surface area contributed by atoms with Crippen LogP contribution in [-0.2, 0) is 16.0 Å². The van der Waals surface area contributed by atoms with E-state index in [2.05, 4.69) is 33.5 Å². The molecule has 1 heterocycles. The van der Waals surface area contributed by atoms with Crippen LogP contribution in [0.3, 0.4) is 0 Å². The third-order valence-electron chi connectivity index (χ3n) is 5.38. The SMILES string of the molecule is COC(=O)C(Cc1ccccc1)Nc1cc(-c2ccc(OCC3=CCCC=C3)cc2)ncn1. The van der Waals surface area contributed by atoms with Crippen LogP contribution in [-0.4, -0.2) is 35.7 Å². The zero-order valence-corrected chi connectivity index (χ0v) is 18.6. The summed E-state index contributed by atoms with van der Waals surface area (Å²) in [4.78, 5) is 21.0. The number of hydrogen-bond acceptors (Lipinski definition) is 6. The third-order valence-corrected chi connectivity index (χ3v) is 5.38. The minimum Gasteiger partial charge on any atom is -0.489 e. The van der Waals surface area contributed by atoms with Gasteiger partial charge in [0.15, 0.2) is 0 Å². The molecule has 1 aliphatic carbocycles. The second kappa shape index (κ2) is 11.1. The number of aromatic nitrogens is 2. The average molecular weight is 442 g/mol. The van der Waals surface area contributed by atoms with Gasteiger partial charge in [-0.25, -0.2) is 14.8 Å². The normalized spacial score (nSPS) is 13.7. The van der Waals surface area contributed by atoms with E-state index in [4.69, 9.17) is 9.47 Å². The van der Waals surface area contributed by atoms with E-state index in [0.29, 0.717) is 18.8 Å². The molecule has 1 aliphatic rings. The van der Waals surface area contributed by atoms with Crippen LogP contribution < -0.4 is 10.1 Å². The summed E-state index contributed by atoms with van der Waals surface area (Å²) in [5, 5.41) is 3.19. The Labute approximate surface area is 194 Å². The number of anilines is 1. The summed E-state index contributed by atoms with van der Waals surface area (Å²) in [7, 11) is 1.39. The predicted octanol–water partition coefficient (Wildman–Crippen LogP) is 5.00. The lowest BCUT2D eigenvalue weighted by atomic mass is 10.1. The van der Waals surface area contributed by atoms with Crippen molar-refractivity contribution in [2.45, 2.75) is 25.3 Å². The smallest absolute Gasteiger partial charge is 0.328 e. The first-order valence-electron chi connectivity index (χ1n) is 11.0. The molecular weight excluding hydrogens is 414 g/mol. The summed E-state index contributed by atoms with van der Waals surface area (Å²) in [6, 6.07) is 18.9. The van der Waals surface area contributed by atoms with Crippen molar-refractivity contribution in [3.8, 4) is 17.0 Å². The molecule has 168 valence electrons. The Hall–Kier alpha value is -3.93. The number of esters is 1. The van der Waals surface area contributed by atoms with Crippen molar-refractivity contribution >= 4 is 11.8 Å². The van der Waals surface area contributed by atoms with Crippen LogP contribution in [0.2, 0.25) is 0 Å². The van der Waals surface area contributed by atoms with Crippen molar-refractivity contribution in [3.63, 3.8) is 0 Å². The molecule has 1 atom stereocenters. The number of rotatable bonds is 9. The van der Waals surface area contributed by atoms with Crippen molar-refractivity contribution < 1.29 is 14.3 Å². The molecule has 0 spiro atoms. The average Bonchev–Trinajstić information content (AvgIpc) is 2.88. The van der Waals surface area contributed by atoms with Gasteiger partial charge < -0.3 is 14.8 Å². The van der Waals surface area contributed by atoms with Gasteiger partial charge in [-0.1, -0.05) is 48.6 Å². The molecule has 0 radical (unpaired) electrons. The fourth-order valence-electron chi connectivity index (χ4n) is 3.62. The van der Waals surface area contributed by atoms with Crippen LogP contribution in [0.1, 0.15) is 18.4 Å². The minimum atomic E-state index is -0.556. The van der Waals surface area contributed by atoms with E-state index in [1.807, 2.05) is 60.7 Å². The quantitative estimate of drug-likeness (QED) is 0.472. The summed E-state index contributed by atoms with van der Waals surface area (Å²) in [5.74, 6) is 1.02. The van der Waals surface area contributed by atoms with Crippen LogP contribution in [0.5, 0.6) is 5.75 Å². The predicted molar refractivity (Wildman–Crippen MR) is 129 cm³/mol. The van der Waals surface area contributed by atoms with E-state index < -0.39 is 6.04 Å². The van der Waals surface area contributed by atoms with E-state index >= 15 is 0 Å². The Balaban J connectivity index is 1.43. The van der Waals surface area contributed by atoms with E-state index in [1.165, 1.54) is 19.0 Å². The Morgan fingerprint density at radius 3 is 2.61 bits per heavy atom. The number of nitrogens with one attached hydrogen (secondary N) is 1. The molecule has 1 aromatic heterocycles. The first kappa shape index (κ1) is 22.3. The standard InChI is InChI=1S/C27H27N3O3/c1-32-27(31)25(16-20-8-4-2-5-9-20)30-26-17-24(28-19-29-26)22-12-14-23(15-13-22)33-18-21-10-6-3-7-11-21/h2,4-6,8-15,17,19,25H,3,7,16,18H2,1H3,(H,28,29,30). The number of hydrogen-bond donors (Lipinski definition) is 1. The van der Waals surface area contributed by atoms with Crippen LogP contribution >= 0.6 is 0 Å². The summed E-state index contributed by atoms with van der Waals surface area (Å²) < 4.78 is 10.9. The number of carbonyl (C=O) groups is 1. The van der Waals surface area contributed by atoms with E-state index in [1.54, 1.807) is 0 Å². The van der Waals surface area contributed by atoms with Crippen molar-refractivity contribution in [1.29, 1.82) is 0 Å². The van der Waals surface area contributed by atoms with Crippen molar-refractivity contribution in [2.75, 3.05) is 19.0 Å². The van der Waals surface area contributed by atoms with Crippen molar-refractivity contribution in [3.05, 3.63) is 96.4 Å². The summed E-state index contributed by atoms with van der Waals surface area (Å²) in [5.41, 5.74) is 3.92. The van der Waals surface area contributed by atoms with Crippen molar-refractivity contribution in [2.24, 2.45) is 0 Å². The van der Waals surface area contributed by atoms with Crippen LogP contribution in [0.25, 0.3) is 11.3 Å². The van der Waals surface area contributed by atoms with E-state index in [9.17, 15) is 4.79 Å². The highest BCUT2D eigenvalue weighted by Gasteiger charge is 2.20. The molecule has 0 amide bonds. The van der Waals surface area contributed by atoms with E-state index in [0.717, 1.165) is 35.4 Å². The first-order chi connectivity index (χ1) is 16.2. The summed E-state index contributed by atoms with van der Waals surface area (Å²) in [6.45, 7) is 0.563. The molecule has 0 fully saturated rings. The minimum absolute atomic E-state index is 0.344. The molecule has 0 saturated carbocycles. The van der Waals surface area contributed by atoms with E-state index in [-0.39, 0.29) is 5.97 Å². The molecule has 6 nitrogen and oxygen atoms in total. The number of nitrogens with zero attached hydrogens (tertiary/aromatic N) is 2. The molecule has 0 saturated heterocycles. The maximum absolute atomic E-state index is 12.3. The van der Waals surface area contributed by atoms with Crippen LogP contribution in [0.4, 0.5) is 5.82 Å². The van der Waals surface area contributed by atoms with Gasteiger partial charge in [0, 0.05) is 18.1 Å². The Morgan fingerprint density at radius 2 is 1.88 bits per heavy atom. The van der Waals surface area contributed by atoms with Gasteiger partial charge in [0.25, 0.3) is 0 Å². The maximum atomic E-state index is 12.3. The second-order valence-corrected chi connectivity index (χ2v) is 7.77. The van der Waals surface area contributed by atoms with Crippen molar-refractivity contribution in [1.82, 2.24) is 9.97 Å². The highest BCUT2D eigenvalue weighted by Crippen LogP contribution is 2.23. The Bertz CT molecular complexity index is 1120. The van der Waals surface area contributed by atoms with Gasteiger partial charge in [0.2, 0.25) is 0 Å². The molecule has 1 N–H and O–H groups in total. The Kier molecular flexibility index (Phi) is 7.48. The number of ether oxygens (including phenoxy) is 2. The van der Waals surface area contributed by atoms with Gasteiger partial charge in [0.05, 0.1) is 12.8 Å². The fourth-order valence-corrected chi connectivity index (χ4v) is 3.62. The maximum Gasteiger partial charge on any atom is 0.328 e. The lowest BCUT2D eigenvalue weighted by molar-refractivity contribution is -0.141. The summed E-state index contributed by atoms with van der Waals surface area (Å²) in [6.07, 6.45) is 10.6. The van der Waals surface area contributed by atoms with Gasteiger partial charge in [-0.2, -0.15) is 0 Å². The molecule has 0 bridgehead atoms. The van der Waals surface area contributed by atoms with Gasteiger partial charge >= 0.3 is 5.97 Å². The van der Waals surface area contributed by atoms with Crippen LogP contribution in [0, 0.1) is 0 Å². The lowest BCUT2D eigenvalue weighted by Gasteiger charge is -2.17. The lowest BCUT2D eigenvalue weighted by Crippen LogP contribution is -2.33. The summed E-state index contributed by atoms with van der Waals surface area (Å²) >= 11 is 0. The highest BCUT2D eigenvalue weighted by molar-refractivity contribution is 5.79. The molecular formula is C27H27N3O3. The molecule has 1 unspecified atom stereocenters. The number of benzene rings is 2. The number of methoxy groups -OCH3 is 1. The zero-order chi connectivity index (χ0) is 22.9. The molecule has 2 aromatic carbocycles. The fraction of sp³-hybridized carbons (Fsp3) is 0.222. The van der Waals surface area contributed by atoms with Gasteiger partial charge in [-0.3, -0.25) is 0 Å². The topological polar surface area (TPSA) is 73.3 Å².